The van der Waals surface area contributed by atoms with Gasteiger partial charge in [0, 0.05) is 5.92 Å². The molecule has 0 aromatic rings. The Labute approximate surface area is 115 Å². The highest BCUT2D eigenvalue weighted by Gasteiger charge is 2.35. The lowest BCUT2D eigenvalue weighted by molar-refractivity contribution is -0.167. The second kappa shape index (κ2) is 6.85. The maximum Gasteiger partial charge on any atom is 0.379 e. The highest BCUT2D eigenvalue weighted by atomic mass is 16.6. The van der Waals surface area contributed by atoms with Crippen LogP contribution < -0.4 is 5.32 Å². The molecule has 4 heteroatoms. The minimum Gasteiger partial charge on any atom is -0.453 e. The van der Waals surface area contributed by atoms with Crippen molar-refractivity contribution in [3.63, 3.8) is 0 Å². The van der Waals surface area contributed by atoms with Gasteiger partial charge < -0.3 is 10.1 Å². The van der Waals surface area contributed by atoms with E-state index in [1.54, 1.807) is 6.08 Å². The molecular weight excluding hydrogens is 242 g/mol. The number of hydrogen-bond acceptors (Lipinski definition) is 4. The van der Waals surface area contributed by atoms with Crippen LogP contribution in [0.25, 0.3) is 0 Å². The number of ether oxygens (including phenoxy) is 1. The lowest BCUT2D eigenvalue weighted by atomic mass is 9.83. The third-order valence-electron chi connectivity index (χ3n) is 3.51. The van der Waals surface area contributed by atoms with Crippen molar-refractivity contribution < 1.29 is 14.3 Å². The number of piperidine rings is 1. The van der Waals surface area contributed by atoms with Crippen LogP contribution in [-0.2, 0) is 14.3 Å². The van der Waals surface area contributed by atoms with Crippen molar-refractivity contribution in [2.45, 2.75) is 46.1 Å². The molecule has 0 spiro atoms. The quantitative estimate of drug-likeness (QED) is 0.471. The highest BCUT2D eigenvalue weighted by molar-refractivity contribution is 6.38. The van der Waals surface area contributed by atoms with Gasteiger partial charge in [-0.05, 0) is 51.8 Å². The van der Waals surface area contributed by atoms with Gasteiger partial charge in [-0.15, -0.1) is 0 Å². The van der Waals surface area contributed by atoms with Crippen LogP contribution in [0.5, 0.6) is 0 Å². The Morgan fingerprint density at radius 2 is 1.84 bits per heavy atom. The minimum atomic E-state index is -0.750. The lowest BCUT2D eigenvalue weighted by Crippen LogP contribution is -2.43. The molecule has 0 aromatic carbocycles. The van der Waals surface area contributed by atoms with Gasteiger partial charge >= 0.3 is 5.97 Å². The van der Waals surface area contributed by atoms with E-state index in [9.17, 15) is 9.59 Å². The van der Waals surface area contributed by atoms with E-state index in [1.165, 1.54) is 6.08 Å². The van der Waals surface area contributed by atoms with E-state index in [2.05, 4.69) is 5.32 Å². The fourth-order valence-corrected chi connectivity index (χ4v) is 2.24. The molecule has 4 nitrogen and oxygen atoms in total. The second-order valence-corrected chi connectivity index (χ2v) is 5.98. The summed E-state index contributed by atoms with van der Waals surface area (Å²) in [6.07, 6.45) is 4.96. The van der Waals surface area contributed by atoms with Gasteiger partial charge in [0.1, 0.15) is 5.60 Å². The first-order valence-electron chi connectivity index (χ1n) is 6.99. The Morgan fingerprint density at radius 1 is 1.26 bits per heavy atom. The number of rotatable bonds is 5. The van der Waals surface area contributed by atoms with Gasteiger partial charge in [-0.3, -0.25) is 4.79 Å². The number of esters is 1. The predicted molar refractivity (Wildman–Crippen MR) is 74.7 cm³/mol. The number of carbonyl (C=O) groups is 2. The number of ketones is 1. The number of allylic oxidation sites excluding steroid dienone is 1. The zero-order valence-corrected chi connectivity index (χ0v) is 12.4. The number of nitrogens with one attached hydrogen (secondary N) is 1. The summed E-state index contributed by atoms with van der Waals surface area (Å²) >= 11 is 0. The lowest BCUT2D eigenvalue weighted by Gasteiger charge is -2.36. The summed E-state index contributed by atoms with van der Waals surface area (Å²) in [6, 6.07) is 0. The Hall–Kier alpha value is -1.16. The topological polar surface area (TPSA) is 55.4 Å². The Balaban J connectivity index is 2.56. The van der Waals surface area contributed by atoms with Crippen molar-refractivity contribution in [3.05, 3.63) is 12.2 Å². The van der Waals surface area contributed by atoms with Crippen LogP contribution in [0.1, 0.15) is 40.5 Å². The second-order valence-electron chi connectivity index (χ2n) is 5.98. The minimum absolute atomic E-state index is 0.245. The average Bonchev–Trinajstić information content (AvgIpc) is 2.36. The summed E-state index contributed by atoms with van der Waals surface area (Å²) in [5.41, 5.74) is -0.583. The van der Waals surface area contributed by atoms with Gasteiger partial charge in [-0.25, -0.2) is 4.79 Å². The standard InChI is InChI=1S/C15H25NO3/c1-11(2)5-6-13(17)14(18)19-15(3,4)12-7-9-16-10-8-12/h5-6,11-12,16H,7-10H2,1-4H3/b6-5-. The summed E-state index contributed by atoms with van der Waals surface area (Å²) in [5, 5.41) is 3.28. The van der Waals surface area contributed by atoms with Crippen LogP contribution in [-0.4, -0.2) is 30.4 Å². The van der Waals surface area contributed by atoms with E-state index in [1.807, 2.05) is 27.7 Å². The molecule has 19 heavy (non-hydrogen) atoms. The van der Waals surface area contributed by atoms with Crippen molar-refractivity contribution in [1.29, 1.82) is 0 Å². The van der Waals surface area contributed by atoms with E-state index in [-0.39, 0.29) is 5.92 Å². The average molecular weight is 267 g/mol. The zero-order valence-electron chi connectivity index (χ0n) is 12.4. The fourth-order valence-electron chi connectivity index (χ4n) is 2.24. The molecule has 108 valence electrons. The molecule has 0 atom stereocenters. The van der Waals surface area contributed by atoms with E-state index in [4.69, 9.17) is 4.74 Å². The monoisotopic (exact) mass is 267 g/mol. The molecule has 0 amide bonds. The van der Waals surface area contributed by atoms with Gasteiger partial charge in [0.05, 0.1) is 0 Å². The normalized spacial score (nSPS) is 17.9. The first-order chi connectivity index (χ1) is 8.83. The summed E-state index contributed by atoms with van der Waals surface area (Å²) in [4.78, 5) is 23.4. The Bertz CT molecular complexity index is 352. The van der Waals surface area contributed by atoms with Crippen LogP contribution in [0.2, 0.25) is 0 Å². The van der Waals surface area contributed by atoms with Crippen molar-refractivity contribution in [3.8, 4) is 0 Å². The molecule has 1 N–H and O–H groups in total. The summed E-state index contributed by atoms with van der Waals surface area (Å²) in [5.74, 6) is -0.773. The van der Waals surface area contributed by atoms with Gasteiger partial charge in [-0.1, -0.05) is 19.9 Å². The van der Waals surface area contributed by atoms with Crippen LogP contribution in [0, 0.1) is 11.8 Å². The van der Waals surface area contributed by atoms with E-state index in [0.717, 1.165) is 25.9 Å². The Kier molecular flexibility index (Phi) is 5.73. The van der Waals surface area contributed by atoms with E-state index in [0.29, 0.717) is 5.92 Å². The molecular formula is C15H25NO3. The molecule has 1 aliphatic heterocycles. The largest absolute Gasteiger partial charge is 0.453 e. The number of carbonyl (C=O) groups excluding carboxylic acids is 2. The third-order valence-corrected chi connectivity index (χ3v) is 3.51. The van der Waals surface area contributed by atoms with Gasteiger partial charge in [0.15, 0.2) is 0 Å². The highest BCUT2D eigenvalue weighted by Crippen LogP contribution is 2.29. The smallest absolute Gasteiger partial charge is 0.379 e. The van der Waals surface area contributed by atoms with Gasteiger partial charge in [-0.2, -0.15) is 0 Å². The molecule has 0 radical (unpaired) electrons. The maximum absolute atomic E-state index is 11.8. The van der Waals surface area contributed by atoms with E-state index >= 15 is 0 Å². The molecule has 0 bridgehead atoms. The molecule has 0 unspecified atom stereocenters. The van der Waals surface area contributed by atoms with Crippen molar-refractivity contribution >= 4 is 11.8 Å². The zero-order chi connectivity index (χ0) is 14.5. The fraction of sp³-hybridized carbons (Fsp3) is 0.733. The molecule has 1 heterocycles. The molecule has 0 aliphatic carbocycles. The molecule has 0 aromatic heterocycles. The number of hydrogen-bond donors (Lipinski definition) is 1. The van der Waals surface area contributed by atoms with E-state index < -0.39 is 17.4 Å². The summed E-state index contributed by atoms with van der Waals surface area (Å²) < 4.78 is 5.40. The predicted octanol–water partition coefficient (Wildman–Crippen LogP) is 2.09. The van der Waals surface area contributed by atoms with Crippen LogP contribution in [0.3, 0.4) is 0 Å². The molecule has 1 aliphatic rings. The Morgan fingerprint density at radius 3 is 2.37 bits per heavy atom. The van der Waals surface area contributed by atoms with Crippen molar-refractivity contribution in [2.24, 2.45) is 11.8 Å². The summed E-state index contributed by atoms with van der Waals surface area (Å²) in [6.45, 7) is 9.56. The van der Waals surface area contributed by atoms with Crippen LogP contribution in [0.15, 0.2) is 12.2 Å². The van der Waals surface area contributed by atoms with Crippen LogP contribution in [0.4, 0.5) is 0 Å². The van der Waals surface area contributed by atoms with Gasteiger partial charge in [0.25, 0.3) is 5.78 Å². The SMILES string of the molecule is CC(C)/C=C\C(=O)C(=O)OC(C)(C)C1CCNCC1. The van der Waals surface area contributed by atoms with Crippen LogP contribution >= 0.6 is 0 Å². The first kappa shape index (κ1) is 15.9. The first-order valence-corrected chi connectivity index (χ1v) is 6.99. The third kappa shape index (κ3) is 5.15. The molecule has 1 fully saturated rings. The molecule has 1 rings (SSSR count). The molecule has 0 saturated carbocycles. The molecule has 1 saturated heterocycles. The van der Waals surface area contributed by atoms with Gasteiger partial charge in [0.2, 0.25) is 0 Å². The summed E-state index contributed by atoms with van der Waals surface area (Å²) in [7, 11) is 0. The van der Waals surface area contributed by atoms with Crippen molar-refractivity contribution in [1.82, 2.24) is 5.32 Å². The van der Waals surface area contributed by atoms with Crippen molar-refractivity contribution in [2.75, 3.05) is 13.1 Å². The maximum atomic E-state index is 11.8.